The average molecular weight is 725 g/mol. The van der Waals surface area contributed by atoms with Crippen molar-refractivity contribution in [1.82, 2.24) is 29.9 Å². The molecular weight excluding hydrogens is 689 g/mol. The molecule has 6 aromatic rings. The number of benzene rings is 3. The zero-order valence-corrected chi connectivity index (χ0v) is 28.8. The fraction of sp³-hybridized carbons (Fsp3) is 0.237. The lowest BCUT2D eigenvalue weighted by Gasteiger charge is -2.34. The maximum atomic E-state index is 15.8. The maximum absolute atomic E-state index is 15.8. The predicted molar refractivity (Wildman–Crippen MR) is 193 cm³/mol. The second-order valence-corrected chi connectivity index (χ2v) is 12.5. The van der Waals surface area contributed by atoms with Crippen molar-refractivity contribution in [3.05, 3.63) is 124 Å². The molecule has 0 saturated carbocycles. The first kappa shape index (κ1) is 35.2. The number of hydrogen-bond donors (Lipinski definition) is 3. The lowest BCUT2D eigenvalue weighted by Crippen LogP contribution is -2.47. The number of methoxy groups -OCH3 is 1. The molecule has 2 atom stereocenters. The van der Waals surface area contributed by atoms with Gasteiger partial charge in [-0.3, -0.25) is 14.7 Å². The molecule has 272 valence electrons. The number of alkyl halides is 1. The molecule has 0 bridgehead atoms. The molecule has 15 heteroatoms. The van der Waals surface area contributed by atoms with Crippen LogP contribution in [0.25, 0.3) is 16.7 Å². The number of nitrogens with zero attached hydrogens (tertiary/aromatic N) is 5. The molecule has 1 aliphatic rings. The highest BCUT2D eigenvalue weighted by atomic mass is 19.1. The van der Waals surface area contributed by atoms with Crippen molar-refractivity contribution in [1.29, 1.82) is 0 Å². The molecule has 0 unspecified atom stereocenters. The van der Waals surface area contributed by atoms with Crippen molar-refractivity contribution in [2.45, 2.75) is 32.0 Å². The van der Waals surface area contributed by atoms with Crippen LogP contribution in [0.1, 0.15) is 34.8 Å². The van der Waals surface area contributed by atoms with Gasteiger partial charge in [0.05, 0.1) is 18.8 Å². The number of rotatable bonds is 11. The fourth-order valence-corrected chi connectivity index (χ4v) is 6.23. The van der Waals surface area contributed by atoms with E-state index in [1.165, 1.54) is 48.7 Å². The van der Waals surface area contributed by atoms with E-state index in [-0.39, 0.29) is 28.4 Å². The van der Waals surface area contributed by atoms with Crippen molar-refractivity contribution >= 4 is 28.4 Å². The molecule has 12 nitrogen and oxygen atoms in total. The minimum absolute atomic E-state index is 0.0563. The van der Waals surface area contributed by atoms with E-state index >= 15 is 8.78 Å². The largest absolute Gasteiger partial charge is 0.497 e. The van der Waals surface area contributed by atoms with Crippen molar-refractivity contribution < 1.29 is 27.4 Å². The Hall–Kier alpha value is -6.22. The summed E-state index contributed by atoms with van der Waals surface area (Å²) in [5, 5.41) is 17.5. The predicted octanol–water partition coefficient (Wildman–Crippen LogP) is 6.27. The summed E-state index contributed by atoms with van der Waals surface area (Å²) < 4.78 is 57.1. The number of hydrogen-bond acceptors (Lipinski definition) is 9. The molecule has 0 radical (unpaired) electrons. The summed E-state index contributed by atoms with van der Waals surface area (Å²) in [7, 11) is 1.58. The van der Waals surface area contributed by atoms with Gasteiger partial charge in [0.2, 0.25) is 0 Å². The number of ether oxygens (including phenoxy) is 2. The number of carbonyl (C=O) groups is 1. The average Bonchev–Trinajstić information content (AvgIpc) is 3.57. The Morgan fingerprint density at radius 1 is 1.06 bits per heavy atom. The number of carbonyl (C=O) groups excluding carboxylic acids is 1. The van der Waals surface area contributed by atoms with Crippen LogP contribution >= 0.6 is 0 Å². The Morgan fingerprint density at radius 2 is 1.85 bits per heavy atom. The summed E-state index contributed by atoms with van der Waals surface area (Å²) in [6.45, 7) is 3.77. The van der Waals surface area contributed by atoms with Gasteiger partial charge in [0.1, 0.15) is 34.4 Å². The number of anilines is 2. The van der Waals surface area contributed by atoms with E-state index in [9.17, 15) is 14.0 Å². The first-order chi connectivity index (χ1) is 25.7. The molecule has 3 aromatic heterocycles. The molecule has 0 spiro atoms. The number of halogens is 3. The number of aromatic amines is 1. The van der Waals surface area contributed by atoms with E-state index in [2.05, 4.69) is 30.9 Å². The monoisotopic (exact) mass is 724 g/mol. The second kappa shape index (κ2) is 15.2. The molecular formula is C38H35F3N8O4. The van der Waals surface area contributed by atoms with E-state index in [0.717, 1.165) is 29.4 Å². The van der Waals surface area contributed by atoms with Crippen LogP contribution in [0.5, 0.6) is 17.2 Å². The summed E-state index contributed by atoms with van der Waals surface area (Å²) in [5.41, 5.74) is 1.18. The van der Waals surface area contributed by atoms with E-state index in [4.69, 9.17) is 9.47 Å². The van der Waals surface area contributed by atoms with Gasteiger partial charge in [0.25, 0.3) is 11.5 Å². The normalized spacial score (nSPS) is 16.0. The zero-order chi connectivity index (χ0) is 37.1. The SMILES string of the molecule is CCN1CC[C@@H](Nc2n[nH]c3ncc(Cc4ccc(OC)cc4)c(Oc4ccc(NC(=O)c5ccnn(-c6ccc(F)cc6)c5=O)cc4F)c23)[C@@H](F)C1. The molecule has 1 amide bonds. The zero-order valence-electron chi connectivity index (χ0n) is 28.8. The Kier molecular flexibility index (Phi) is 10.1. The number of piperidine rings is 1. The third-order valence-electron chi connectivity index (χ3n) is 9.13. The van der Waals surface area contributed by atoms with E-state index in [1.807, 2.05) is 36.1 Å². The summed E-state index contributed by atoms with van der Waals surface area (Å²) in [6, 6.07) is 17.1. The quantitative estimate of drug-likeness (QED) is 0.141. The minimum Gasteiger partial charge on any atom is -0.497 e. The molecule has 3 N–H and O–H groups in total. The third kappa shape index (κ3) is 7.55. The lowest BCUT2D eigenvalue weighted by atomic mass is 10.0. The van der Waals surface area contributed by atoms with Gasteiger partial charge in [-0.2, -0.15) is 14.9 Å². The molecule has 4 heterocycles. The van der Waals surface area contributed by atoms with Gasteiger partial charge >= 0.3 is 0 Å². The topological polar surface area (TPSA) is 139 Å². The molecule has 1 saturated heterocycles. The van der Waals surface area contributed by atoms with Crippen LogP contribution in [-0.2, 0) is 6.42 Å². The van der Waals surface area contributed by atoms with Gasteiger partial charge in [-0.05, 0) is 73.1 Å². The molecule has 1 fully saturated rings. The number of amides is 1. The number of fused-ring (bicyclic) bond motifs is 1. The van der Waals surface area contributed by atoms with Crippen molar-refractivity contribution in [3.8, 4) is 22.9 Å². The van der Waals surface area contributed by atoms with Crippen LogP contribution in [0.15, 0.2) is 90.0 Å². The minimum atomic E-state index is -1.15. The van der Waals surface area contributed by atoms with Crippen LogP contribution in [0.2, 0.25) is 0 Å². The second-order valence-electron chi connectivity index (χ2n) is 12.5. The Labute approximate surface area is 301 Å². The van der Waals surface area contributed by atoms with Gasteiger partial charge in [0, 0.05) is 49.2 Å². The Morgan fingerprint density at radius 3 is 2.57 bits per heavy atom. The van der Waals surface area contributed by atoms with Gasteiger partial charge in [0.15, 0.2) is 23.0 Å². The smallest absolute Gasteiger partial charge is 0.284 e. The highest BCUT2D eigenvalue weighted by Gasteiger charge is 2.30. The highest BCUT2D eigenvalue weighted by molar-refractivity contribution is 6.04. The van der Waals surface area contributed by atoms with Crippen LogP contribution in [0, 0.1) is 11.6 Å². The summed E-state index contributed by atoms with van der Waals surface area (Å²) in [4.78, 5) is 32.9. The van der Waals surface area contributed by atoms with Gasteiger partial charge < -0.3 is 25.0 Å². The van der Waals surface area contributed by atoms with E-state index in [0.29, 0.717) is 47.6 Å². The number of aromatic nitrogens is 5. The Balaban J connectivity index is 1.18. The number of nitrogens with one attached hydrogen (secondary N) is 3. The van der Waals surface area contributed by atoms with Crippen LogP contribution in [0.3, 0.4) is 0 Å². The van der Waals surface area contributed by atoms with E-state index < -0.39 is 35.3 Å². The summed E-state index contributed by atoms with van der Waals surface area (Å²) >= 11 is 0. The standard InChI is InChI=1S/C38H35F3N8O4/c1-3-48-17-15-31(30(41)21-48)45-36-33-34(23(20-42-35(33)46-47-36)18-22-4-11-27(52-2)12-5-22)53-32-13-8-25(19-29(32)40)44-37(50)28-14-16-43-49(38(28)51)26-9-6-24(39)7-10-26/h4-14,16,19-20,30-31H,3,15,17-18,21H2,1-2H3,(H,44,50)(H2,42,45,46,47)/t30-,31+/m0/s1. The molecule has 3 aromatic carbocycles. The van der Waals surface area contributed by atoms with Crippen LogP contribution in [0.4, 0.5) is 24.7 Å². The number of H-pyrrole nitrogens is 1. The molecule has 53 heavy (non-hydrogen) atoms. The van der Waals surface area contributed by atoms with Crippen LogP contribution in [-0.4, -0.2) is 74.7 Å². The molecule has 7 rings (SSSR count). The summed E-state index contributed by atoms with van der Waals surface area (Å²) in [5.74, 6) is -0.999. The van der Waals surface area contributed by atoms with Crippen LogP contribution < -0.4 is 25.7 Å². The van der Waals surface area contributed by atoms with Gasteiger partial charge in [-0.15, -0.1) is 0 Å². The Bertz CT molecular complexity index is 2310. The number of likely N-dealkylation sites (tertiary alicyclic amines) is 1. The molecule has 0 aliphatic carbocycles. The van der Waals surface area contributed by atoms with Gasteiger partial charge in [-0.25, -0.2) is 18.2 Å². The van der Waals surface area contributed by atoms with E-state index in [1.54, 1.807) is 13.3 Å². The first-order valence-electron chi connectivity index (χ1n) is 17.0. The third-order valence-corrected chi connectivity index (χ3v) is 9.13. The fourth-order valence-electron chi connectivity index (χ4n) is 6.23. The van der Waals surface area contributed by atoms with Crippen molar-refractivity contribution in [2.24, 2.45) is 0 Å². The maximum Gasteiger partial charge on any atom is 0.284 e. The highest BCUT2D eigenvalue weighted by Crippen LogP contribution is 2.39. The van der Waals surface area contributed by atoms with Crippen molar-refractivity contribution in [2.75, 3.05) is 37.4 Å². The number of pyridine rings is 1. The molecule has 1 aliphatic heterocycles. The van der Waals surface area contributed by atoms with Gasteiger partial charge in [-0.1, -0.05) is 19.1 Å². The van der Waals surface area contributed by atoms with Crippen molar-refractivity contribution in [3.63, 3.8) is 0 Å². The first-order valence-corrected chi connectivity index (χ1v) is 17.0. The lowest BCUT2D eigenvalue weighted by molar-refractivity contribution is 0.102. The summed E-state index contributed by atoms with van der Waals surface area (Å²) in [6.07, 6.45) is 2.64.